The average Bonchev–Trinajstić information content (AvgIpc) is 2.74. The second-order valence-electron chi connectivity index (χ2n) is 6.43. The minimum atomic E-state index is -3.81. The lowest BCUT2D eigenvalue weighted by Gasteiger charge is -2.20. The predicted molar refractivity (Wildman–Crippen MR) is 116 cm³/mol. The van der Waals surface area contributed by atoms with Gasteiger partial charge in [0.2, 0.25) is 15.9 Å². The van der Waals surface area contributed by atoms with E-state index in [-0.39, 0.29) is 13.1 Å². The second kappa shape index (κ2) is 9.82. The fourth-order valence-corrected chi connectivity index (χ4v) is 3.85. The second-order valence-corrected chi connectivity index (χ2v) is 8.24. The summed E-state index contributed by atoms with van der Waals surface area (Å²) < 4.78 is 27.1. The van der Waals surface area contributed by atoms with Crippen LogP contribution in [0.15, 0.2) is 96.4 Å². The fraction of sp³-hybridized carbons (Fsp3) is 0.0870. The van der Waals surface area contributed by atoms with Crippen LogP contribution in [0.1, 0.15) is 11.1 Å². The Balaban J connectivity index is 1.79. The summed E-state index contributed by atoms with van der Waals surface area (Å²) in [5.41, 5.74) is 2.19. The number of carbonyl (C=O) groups is 1. The van der Waals surface area contributed by atoms with Gasteiger partial charge in [0.25, 0.3) is 0 Å². The van der Waals surface area contributed by atoms with Crippen molar-refractivity contribution in [3.05, 3.63) is 108 Å². The third-order valence-electron chi connectivity index (χ3n) is 4.17. The van der Waals surface area contributed by atoms with Gasteiger partial charge in [-0.2, -0.15) is 4.31 Å². The highest BCUT2D eigenvalue weighted by atomic mass is 32.2. The van der Waals surface area contributed by atoms with Gasteiger partial charge in [0, 0.05) is 17.6 Å². The highest BCUT2D eigenvalue weighted by Crippen LogP contribution is 2.14. The predicted octanol–water partition coefficient (Wildman–Crippen LogP) is 4.13. The normalized spacial score (nSPS) is 11.6. The van der Waals surface area contributed by atoms with Crippen molar-refractivity contribution in [1.82, 2.24) is 4.31 Å². The molecule has 0 aliphatic carbocycles. The molecule has 0 bridgehead atoms. The van der Waals surface area contributed by atoms with Gasteiger partial charge < -0.3 is 5.32 Å². The maximum absolute atomic E-state index is 13.0. The molecule has 0 aliphatic rings. The molecule has 0 saturated carbocycles. The Kier molecular flexibility index (Phi) is 6.94. The molecule has 0 aromatic heterocycles. The van der Waals surface area contributed by atoms with Crippen LogP contribution in [-0.4, -0.2) is 25.2 Å². The Labute approximate surface area is 171 Å². The van der Waals surface area contributed by atoms with Crippen LogP contribution >= 0.6 is 0 Å². The van der Waals surface area contributed by atoms with Gasteiger partial charge in [-0.15, -0.1) is 0 Å². The van der Waals surface area contributed by atoms with Gasteiger partial charge in [-0.25, -0.2) is 8.42 Å². The van der Waals surface area contributed by atoms with E-state index in [4.69, 9.17) is 0 Å². The maximum Gasteiger partial charge on any atom is 0.239 e. The Bertz CT molecular complexity index is 1050. The van der Waals surface area contributed by atoms with Gasteiger partial charge >= 0.3 is 0 Å². The van der Waals surface area contributed by atoms with Crippen LogP contribution in [-0.2, 0) is 21.4 Å². The van der Waals surface area contributed by atoms with Crippen molar-refractivity contribution < 1.29 is 13.2 Å². The van der Waals surface area contributed by atoms with Crippen molar-refractivity contribution in [2.75, 3.05) is 11.9 Å². The lowest BCUT2D eigenvalue weighted by Crippen LogP contribution is -2.36. The smallest absolute Gasteiger partial charge is 0.239 e. The van der Waals surface area contributed by atoms with E-state index in [1.807, 2.05) is 66.7 Å². The van der Waals surface area contributed by atoms with E-state index < -0.39 is 15.9 Å². The van der Waals surface area contributed by atoms with Crippen molar-refractivity contribution in [3.8, 4) is 0 Å². The standard InChI is InChI=1S/C23H22N2O3S/c26-23(24-22-14-8-3-9-15-22)19-25(18-21-12-6-2-7-13-21)29(27,28)17-16-20-10-4-1-5-11-20/h1-17H,18-19H2,(H,24,26)/b17-16+. The van der Waals surface area contributed by atoms with Gasteiger partial charge in [-0.1, -0.05) is 78.9 Å². The van der Waals surface area contributed by atoms with E-state index in [1.54, 1.807) is 24.3 Å². The van der Waals surface area contributed by atoms with E-state index >= 15 is 0 Å². The van der Waals surface area contributed by atoms with E-state index in [2.05, 4.69) is 5.32 Å². The molecule has 3 aromatic rings. The molecule has 29 heavy (non-hydrogen) atoms. The van der Waals surface area contributed by atoms with Gasteiger partial charge in [0.1, 0.15) is 0 Å². The molecule has 148 valence electrons. The van der Waals surface area contributed by atoms with Crippen LogP contribution in [0.4, 0.5) is 5.69 Å². The number of para-hydroxylation sites is 1. The molecule has 5 nitrogen and oxygen atoms in total. The third-order valence-corrected chi connectivity index (χ3v) is 5.63. The number of nitrogens with zero attached hydrogens (tertiary/aromatic N) is 1. The molecule has 0 saturated heterocycles. The molecule has 3 rings (SSSR count). The SMILES string of the molecule is O=C(CN(Cc1ccccc1)S(=O)(=O)/C=C/c1ccccc1)Nc1ccccc1. The summed E-state index contributed by atoms with van der Waals surface area (Å²) in [7, 11) is -3.81. The Morgan fingerprint density at radius 2 is 1.38 bits per heavy atom. The van der Waals surface area contributed by atoms with Crippen LogP contribution in [0.3, 0.4) is 0 Å². The molecule has 0 radical (unpaired) electrons. The molecular formula is C23H22N2O3S. The van der Waals surface area contributed by atoms with Crippen molar-refractivity contribution in [3.63, 3.8) is 0 Å². The number of amides is 1. The third kappa shape index (κ3) is 6.41. The summed E-state index contributed by atoms with van der Waals surface area (Å²) in [6.07, 6.45) is 1.53. The minimum Gasteiger partial charge on any atom is -0.325 e. The summed E-state index contributed by atoms with van der Waals surface area (Å²) in [6.45, 7) is -0.185. The van der Waals surface area contributed by atoms with Crippen LogP contribution in [0.25, 0.3) is 6.08 Å². The van der Waals surface area contributed by atoms with Crippen molar-refractivity contribution in [1.29, 1.82) is 0 Å². The van der Waals surface area contributed by atoms with Gasteiger partial charge in [-0.05, 0) is 29.3 Å². The first kappa shape index (κ1) is 20.5. The fourth-order valence-electron chi connectivity index (χ4n) is 2.72. The van der Waals surface area contributed by atoms with Crippen LogP contribution in [0.2, 0.25) is 0 Å². The largest absolute Gasteiger partial charge is 0.325 e. The molecular weight excluding hydrogens is 384 g/mol. The number of carbonyl (C=O) groups excluding carboxylic acids is 1. The average molecular weight is 407 g/mol. The molecule has 3 aromatic carbocycles. The summed E-state index contributed by atoms with van der Waals surface area (Å²) in [6, 6.07) is 27.3. The summed E-state index contributed by atoms with van der Waals surface area (Å²) in [4.78, 5) is 12.5. The number of nitrogens with one attached hydrogen (secondary N) is 1. The molecule has 0 fully saturated rings. The van der Waals surface area contributed by atoms with Crippen LogP contribution in [0, 0.1) is 0 Å². The summed E-state index contributed by atoms with van der Waals surface area (Å²) in [5.74, 6) is -0.399. The molecule has 0 aliphatic heterocycles. The lowest BCUT2D eigenvalue weighted by atomic mass is 10.2. The zero-order chi connectivity index (χ0) is 20.5. The topological polar surface area (TPSA) is 66.5 Å². The van der Waals surface area contributed by atoms with E-state index in [9.17, 15) is 13.2 Å². The van der Waals surface area contributed by atoms with Crippen LogP contribution < -0.4 is 5.32 Å². The van der Waals surface area contributed by atoms with E-state index in [1.165, 1.54) is 10.4 Å². The number of rotatable bonds is 8. The molecule has 1 amide bonds. The Morgan fingerprint density at radius 3 is 2.00 bits per heavy atom. The molecule has 0 unspecified atom stereocenters. The van der Waals surface area contributed by atoms with Gasteiger partial charge in [0.15, 0.2) is 0 Å². The maximum atomic E-state index is 13.0. The van der Waals surface area contributed by atoms with E-state index in [0.29, 0.717) is 5.69 Å². The van der Waals surface area contributed by atoms with Crippen molar-refractivity contribution in [2.45, 2.75) is 6.54 Å². The van der Waals surface area contributed by atoms with Crippen LogP contribution in [0.5, 0.6) is 0 Å². The highest BCUT2D eigenvalue weighted by molar-refractivity contribution is 7.92. The molecule has 0 atom stereocenters. The van der Waals surface area contributed by atoms with Gasteiger partial charge in [-0.3, -0.25) is 4.79 Å². The number of benzene rings is 3. The number of anilines is 1. The number of hydrogen-bond donors (Lipinski definition) is 1. The Hall–Kier alpha value is -3.22. The monoisotopic (exact) mass is 406 g/mol. The zero-order valence-electron chi connectivity index (χ0n) is 15.8. The number of hydrogen-bond acceptors (Lipinski definition) is 3. The summed E-state index contributed by atoms with van der Waals surface area (Å²) >= 11 is 0. The first-order chi connectivity index (χ1) is 14.0. The highest BCUT2D eigenvalue weighted by Gasteiger charge is 2.22. The number of sulfonamides is 1. The minimum absolute atomic E-state index is 0.102. The van der Waals surface area contributed by atoms with Gasteiger partial charge in [0.05, 0.1) is 6.54 Å². The zero-order valence-corrected chi connectivity index (χ0v) is 16.6. The molecule has 1 N–H and O–H groups in total. The first-order valence-electron chi connectivity index (χ1n) is 9.15. The van der Waals surface area contributed by atoms with E-state index in [0.717, 1.165) is 16.5 Å². The molecule has 0 spiro atoms. The van der Waals surface area contributed by atoms with Crippen molar-refractivity contribution in [2.24, 2.45) is 0 Å². The Morgan fingerprint density at radius 1 is 0.828 bits per heavy atom. The summed E-state index contributed by atoms with van der Waals surface area (Å²) in [5, 5.41) is 3.87. The van der Waals surface area contributed by atoms with Crippen molar-refractivity contribution >= 4 is 27.7 Å². The molecule has 6 heteroatoms. The quantitative estimate of drug-likeness (QED) is 0.612. The molecule has 0 heterocycles. The lowest BCUT2D eigenvalue weighted by molar-refractivity contribution is -0.116. The first-order valence-corrected chi connectivity index (χ1v) is 10.7.